The summed E-state index contributed by atoms with van der Waals surface area (Å²) in [5.41, 5.74) is 4.05. The van der Waals surface area contributed by atoms with Gasteiger partial charge in [-0.25, -0.2) is 0 Å². The second-order valence-corrected chi connectivity index (χ2v) is 7.85. The highest BCUT2D eigenvalue weighted by molar-refractivity contribution is 6.31. The fourth-order valence-electron chi connectivity index (χ4n) is 3.03. The molecule has 0 spiro atoms. The van der Waals surface area contributed by atoms with E-state index in [2.05, 4.69) is 21.3 Å². The molecule has 8 heteroatoms. The van der Waals surface area contributed by atoms with Crippen molar-refractivity contribution in [1.82, 2.24) is 5.32 Å². The van der Waals surface area contributed by atoms with E-state index in [0.717, 1.165) is 11.1 Å². The molecule has 3 amide bonds. The van der Waals surface area contributed by atoms with Crippen molar-refractivity contribution in [3.63, 3.8) is 0 Å². The Morgan fingerprint density at radius 2 is 1.55 bits per heavy atom. The second kappa shape index (κ2) is 11.2. The SMILES string of the molecule is Cc1ccc(C(=O)Nc2ccccc2)cc1NCC(=O)NCC(=O)Nc1cccc(Cl)c1C. The van der Waals surface area contributed by atoms with E-state index >= 15 is 0 Å². The number of hydrogen-bond acceptors (Lipinski definition) is 4. The molecule has 0 bridgehead atoms. The van der Waals surface area contributed by atoms with Gasteiger partial charge in [0.1, 0.15) is 0 Å². The van der Waals surface area contributed by atoms with Crippen LogP contribution in [0.4, 0.5) is 17.1 Å². The number of aryl methyl sites for hydroxylation is 1. The Bertz CT molecular complexity index is 1170. The molecule has 0 saturated carbocycles. The average molecular weight is 465 g/mol. The van der Waals surface area contributed by atoms with Gasteiger partial charge in [0.25, 0.3) is 5.91 Å². The summed E-state index contributed by atoms with van der Waals surface area (Å²) in [5, 5.41) is 11.7. The molecule has 0 aliphatic rings. The first kappa shape index (κ1) is 23.8. The largest absolute Gasteiger partial charge is 0.376 e. The van der Waals surface area contributed by atoms with Crippen LogP contribution in [0.5, 0.6) is 0 Å². The van der Waals surface area contributed by atoms with Gasteiger partial charge in [0.2, 0.25) is 11.8 Å². The summed E-state index contributed by atoms with van der Waals surface area (Å²) in [6, 6.07) is 19.6. The normalized spacial score (nSPS) is 10.3. The Hall–Kier alpha value is -3.84. The molecule has 0 atom stereocenters. The third kappa shape index (κ3) is 6.82. The molecule has 0 radical (unpaired) electrons. The van der Waals surface area contributed by atoms with E-state index in [4.69, 9.17) is 11.6 Å². The molecule has 0 fully saturated rings. The average Bonchev–Trinajstić information content (AvgIpc) is 2.80. The summed E-state index contributed by atoms with van der Waals surface area (Å²) in [6.07, 6.45) is 0. The molecule has 0 unspecified atom stereocenters. The van der Waals surface area contributed by atoms with Crippen LogP contribution in [0, 0.1) is 13.8 Å². The first-order valence-corrected chi connectivity index (χ1v) is 10.7. The highest BCUT2D eigenvalue weighted by atomic mass is 35.5. The summed E-state index contributed by atoms with van der Waals surface area (Å²) >= 11 is 6.05. The fourth-order valence-corrected chi connectivity index (χ4v) is 3.21. The van der Waals surface area contributed by atoms with Crippen LogP contribution in [0.2, 0.25) is 5.02 Å². The molecule has 4 N–H and O–H groups in total. The molecule has 0 heterocycles. The first-order valence-electron chi connectivity index (χ1n) is 10.4. The summed E-state index contributed by atoms with van der Waals surface area (Å²) in [6.45, 7) is 3.45. The Morgan fingerprint density at radius 1 is 0.788 bits per heavy atom. The minimum atomic E-state index is -0.357. The number of carbonyl (C=O) groups excluding carboxylic acids is 3. The number of nitrogens with one attached hydrogen (secondary N) is 4. The minimum Gasteiger partial charge on any atom is -0.376 e. The quantitative estimate of drug-likeness (QED) is 0.397. The molecule has 170 valence electrons. The lowest BCUT2D eigenvalue weighted by Gasteiger charge is -2.13. The minimum absolute atomic E-state index is 0.0475. The van der Waals surface area contributed by atoms with Gasteiger partial charge in [-0.1, -0.05) is 41.9 Å². The van der Waals surface area contributed by atoms with Gasteiger partial charge >= 0.3 is 0 Å². The molecule has 0 aromatic heterocycles. The van der Waals surface area contributed by atoms with Crippen molar-refractivity contribution in [2.75, 3.05) is 29.0 Å². The molecular formula is C25H25ClN4O3. The number of amides is 3. The molecule has 3 aromatic carbocycles. The maximum atomic E-state index is 12.5. The number of hydrogen-bond donors (Lipinski definition) is 4. The van der Waals surface area contributed by atoms with Crippen LogP contribution in [0.3, 0.4) is 0 Å². The van der Waals surface area contributed by atoms with Gasteiger partial charge in [-0.15, -0.1) is 0 Å². The Balaban J connectivity index is 1.51. The number of rotatable bonds is 8. The third-order valence-electron chi connectivity index (χ3n) is 4.96. The number of anilines is 3. The molecule has 0 saturated heterocycles. The topological polar surface area (TPSA) is 99.3 Å². The molecule has 33 heavy (non-hydrogen) atoms. The van der Waals surface area contributed by atoms with Crippen LogP contribution in [-0.4, -0.2) is 30.8 Å². The van der Waals surface area contributed by atoms with E-state index in [-0.39, 0.29) is 30.8 Å². The maximum absolute atomic E-state index is 12.5. The molecule has 0 aliphatic carbocycles. The van der Waals surface area contributed by atoms with E-state index in [9.17, 15) is 14.4 Å². The van der Waals surface area contributed by atoms with Crippen LogP contribution in [0.1, 0.15) is 21.5 Å². The van der Waals surface area contributed by atoms with Crippen molar-refractivity contribution in [2.24, 2.45) is 0 Å². The van der Waals surface area contributed by atoms with Crippen molar-refractivity contribution in [2.45, 2.75) is 13.8 Å². The smallest absolute Gasteiger partial charge is 0.255 e. The van der Waals surface area contributed by atoms with Crippen molar-refractivity contribution in [3.8, 4) is 0 Å². The van der Waals surface area contributed by atoms with Crippen LogP contribution in [0.25, 0.3) is 0 Å². The highest BCUT2D eigenvalue weighted by Gasteiger charge is 2.11. The third-order valence-corrected chi connectivity index (χ3v) is 5.37. The fraction of sp³-hybridized carbons (Fsp3) is 0.160. The van der Waals surface area contributed by atoms with Gasteiger partial charge in [-0.3, -0.25) is 14.4 Å². The van der Waals surface area contributed by atoms with Gasteiger partial charge < -0.3 is 21.3 Å². The molecule has 3 rings (SSSR count). The highest BCUT2D eigenvalue weighted by Crippen LogP contribution is 2.22. The van der Waals surface area contributed by atoms with Gasteiger partial charge in [0.15, 0.2) is 0 Å². The monoisotopic (exact) mass is 464 g/mol. The van der Waals surface area contributed by atoms with E-state index in [0.29, 0.717) is 27.6 Å². The zero-order chi connectivity index (χ0) is 23.8. The maximum Gasteiger partial charge on any atom is 0.255 e. The van der Waals surface area contributed by atoms with Crippen LogP contribution < -0.4 is 21.3 Å². The van der Waals surface area contributed by atoms with Gasteiger partial charge in [0, 0.05) is 27.6 Å². The lowest BCUT2D eigenvalue weighted by molar-refractivity contribution is -0.122. The van der Waals surface area contributed by atoms with Crippen molar-refractivity contribution in [3.05, 3.63) is 88.4 Å². The molecular weight excluding hydrogens is 440 g/mol. The summed E-state index contributed by atoms with van der Waals surface area (Å²) < 4.78 is 0. The van der Waals surface area contributed by atoms with Gasteiger partial charge in [-0.05, 0) is 61.4 Å². The number of carbonyl (C=O) groups is 3. The van der Waals surface area contributed by atoms with Gasteiger partial charge in [0.05, 0.1) is 13.1 Å². The summed E-state index contributed by atoms with van der Waals surface area (Å²) in [7, 11) is 0. The van der Waals surface area contributed by atoms with Crippen molar-refractivity contribution in [1.29, 1.82) is 0 Å². The van der Waals surface area contributed by atoms with E-state index in [1.165, 1.54) is 0 Å². The number of halogens is 1. The zero-order valence-electron chi connectivity index (χ0n) is 18.4. The standard InChI is InChI=1S/C25H25ClN4O3/c1-16-11-12-18(25(33)29-19-7-4-3-5-8-19)13-22(16)27-14-23(31)28-15-24(32)30-21-10-6-9-20(26)17(21)2/h3-13,27H,14-15H2,1-2H3,(H,28,31)(H,29,33)(H,30,32). The Labute approximate surface area is 197 Å². The summed E-state index contributed by atoms with van der Waals surface area (Å²) in [5.74, 6) is -0.960. The van der Waals surface area contributed by atoms with E-state index in [1.54, 1.807) is 55.5 Å². The zero-order valence-corrected chi connectivity index (χ0v) is 19.1. The predicted octanol–water partition coefficient (Wildman–Crippen LogP) is 4.38. The molecule has 0 aliphatic heterocycles. The lowest BCUT2D eigenvalue weighted by atomic mass is 10.1. The van der Waals surface area contributed by atoms with Gasteiger partial charge in [-0.2, -0.15) is 0 Å². The van der Waals surface area contributed by atoms with Crippen LogP contribution in [0.15, 0.2) is 66.7 Å². The summed E-state index contributed by atoms with van der Waals surface area (Å²) in [4.78, 5) is 36.9. The second-order valence-electron chi connectivity index (χ2n) is 7.44. The molecule has 3 aromatic rings. The van der Waals surface area contributed by atoms with Crippen LogP contribution >= 0.6 is 11.6 Å². The lowest BCUT2D eigenvalue weighted by Crippen LogP contribution is -2.36. The number of benzene rings is 3. The number of para-hydroxylation sites is 1. The van der Waals surface area contributed by atoms with Crippen molar-refractivity contribution >= 4 is 46.4 Å². The van der Waals surface area contributed by atoms with Crippen molar-refractivity contribution < 1.29 is 14.4 Å². The first-order chi connectivity index (χ1) is 15.8. The van der Waals surface area contributed by atoms with E-state index < -0.39 is 0 Å². The van der Waals surface area contributed by atoms with E-state index in [1.807, 2.05) is 25.1 Å². The predicted molar refractivity (Wildman–Crippen MR) is 132 cm³/mol. The Morgan fingerprint density at radius 3 is 2.30 bits per heavy atom. The Kier molecular flexibility index (Phi) is 8.05. The molecule has 7 nitrogen and oxygen atoms in total. The van der Waals surface area contributed by atoms with Crippen LogP contribution in [-0.2, 0) is 9.59 Å².